The smallest absolute Gasteiger partial charge is 0.217 e. The molecule has 1 N–H and O–H groups in total. The van der Waals surface area contributed by atoms with Crippen LogP contribution < -0.4 is 19.5 Å². The quantitative estimate of drug-likeness (QED) is 0.578. The molecule has 0 fully saturated rings. The predicted octanol–water partition coefficient (Wildman–Crippen LogP) is 1.33. The van der Waals surface area contributed by atoms with E-state index in [9.17, 15) is 9.59 Å². The molecule has 1 atom stereocenters. The Bertz CT molecular complexity index is 618. The Hall–Kier alpha value is -2.68. The number of rotatable bonds is 8. The molecule has 0 aliphatic carbocycles. The highest BCUT2D eigenvalue weighted by Crippen LogP contribution is 2.42. The highest BCUT2D eigenvalue weighted by Gasteiger charge is 2.20. The van der Waals surface area contributed by atoms with Crippen LogP contribution in [0.5, 0.6) is 17.2 Å². The third kappa shape index (κ3) is 4.39. The summed E-state index contributed by atoms with van der Waals surface area (Å²) in [5.74, 6) is 3.64. The van der Waals surface area contributed by atoms with E-state index in [-0.39, 0.29) is 5.91 Å². The Balaban J connectivity index is 3.18. The van der Waals surface area contributed by atoms with Crippen molar-refractivity contribution >= 4 is 12.2 Å². The number of aldehydes is 1. The lowest BCUT2D eigenvalue weighted by Gasteiger charge is -2.18. The lowest BCUT2D eigenvalue weighted by molar-refractivity contribution is -0.122. The number of carbonyl (C=O) groups excluding carboxylic acids is 2. The molecule has 1 amide bonds. The van der Waals surface area contributed by atoms with Gasteiger partial charge in [0.15, 0.2) is 11.5 Å². The number of methoxy groups -OCH3 is 3. The second-order valence-corrected chi connectivity index (χ2v) is 4.81. The Morgan fingerprint density at radius 2 is 1.96 bits per heavy atom. The zero-order chi connectivity index (χ0) is 17.4. The van der Waals surface area contributed by atoms with Crippen LogP contribution in [-0.2, 0) is 16.0 Å². The Kier molecular flexibility index (Phi) is 6.94. The van der Waals surface area contributed by atoms with Crippen molar-refractivity contribution in [2.75, 3.05) is 21.3 Å². The van der Waals surface area contributed by atoms with E-state index in [4.69, 9.17) is 20.6 Å². The van der Waals surface area contributed by atoms with E-state index in [2.05, 4.69) is 11.2 Å². The van der Waals surface area contributed by atoms with Crippen LogP contribution in [0.4, 0.5) is 0 Å². The zero-order valence-corrected chi connectivity index (χ0v) is 13.8. The number of terminal acetylenes is 1. The van der Waals surface area contributed by atoms with Gasteiger partial charge in [0.2, 0.25) is 11.7 Å². The summed E-state index contributed by atoms with van der Waals surface area (Å²) >= 11 is 0. The van der Waals surface area contributed by atoms with Crippen molar-refractivity contribution in [3.8, 4) is 29.6 Å². The number of nitrogens with one attached hydrogen (secondary N) is 1. The molecule has 0 aliphatic rings. The minimum atomic E-state index is -0.572. The molecule has 6 nitrogen and oxygen atoms in total. The minimum Gasteiger partial charge on any atom is -0.493 e. The van der Waals surface area contributed by atoms with Gasteiger partial charge in [-0.15, -0.1) is 6.42 Å². The highest BCUT2D eigenvalue weighted by molar-refractivity contribution is 5.77. The Morgan fingerprint density at radius 3 is 2.39 bits per heavy atom. The Morgan fingerprint density at radius 1 is 1.30 bits per heavy atom. The summed E-state index contributed by atoms with van der Waals surface area (Å²) in [5, 5.41) is 2.57. The number of aryl methyl sites for hydroxylation is 1. The molecule has 0 spiro atoms. The average Bonchev–Trinajstić information content (AvgIpc) is 2.56. The van der Waals surface area contributed by atoms with Crippen molar-refractivity contribution in [3.63, 3.8) is 0 Å². The van der Waals surface area contributed by atoms with Crippen LogP contribution >= 0.6 is 0 Å². The van der Waals surface area contributed by atoms with E-state index >= 15 is 0 Å². The molecule has 23 heavy (non-hydrogen) atoms. The molecule has 0 saturated heterocycles. The van der Waals surface area contributed by atoms with Crippen LogP contribution in [0.15, 0.2) is 6.07 Å². The molecule has 0 bridgehead atoms. The van der Waals surface area contributed by atoms with Gasteiger partial charge in [0.05, 0.1) is 32.9 Å². The predicted molar refractivity (Wildman–Crippen MR) is 86.0 cm³/mol. The maximum atomic E-state index is 11.1. The fourth-order valence-electron chi connectivity index (χ4n) is 2.31. The van der Waals surface area contributed by atoms with Crippen LogP contribution in [0, 0.1) is 12.3 Å². The largest absolute Gasteiger partial charge is 0.493 e. The van der Waals surface area contributed by atoms with Gasteiger partial charge >= 0.3 is 0 Å². The molecular weight excluding hydrogens is 298 g/mol. The van der Waals surface area contributed by atoms with Gasteiger partial charge in [0.25, 0.3) is 0 Å². The van der Waals surface area contributed by atoms with Crippen LogP contribution in [0.2, 0.25) is 0 Å². The number of amides is 1. The molecule has 0 unspecified atom stereocenters. The Labute approximate surface area is 136 Å². The first-order chi connectivity index (χ1) is 11.0. The zero-order valence-electron chi connectivity index (χ0n) is 13.8. The van der Waals surface area contributed by atoms with Gasteiger partial charge in [-0.3, -0.25) is 4.79 Å². The van der Waals surface area contributed by atoms with Crippen molar-refractivity contribution in [2.45, 2.75) is 25.8 Å². The van der Waals surface area contributed by atoms with E-state index in [0.717, 1.165) is 5.56 Å². The number of benzene rings is 1. The number of ether oxygens (including phenoxy) is 3. The molecule has 0 aromatic heterocycles. The van der Waals surface area contributed by atoms with Crippen LogP contribution in [-0.4, -0.2) is 39.6 Å². The van der Waals surface area contributed by atoms with Crippen LogP contribution in [0.3, 0.4) is 0 Å². The van der Waals surface area contributed by atoms with Gasteiger partial charge < -0.3 is 24.3 Å². The second kappa shape index (κ2) is 8.69. The normalized spacial score (nSPS) is 11.1. The van der Waals surface area contributed by atoms with Gasteiger partial charge in [-0.1, -0.05) is 5.92 Å². The number of carbonyl (C=O) groups is 2. The number of hydrogen-bond acceptors (Lipinski definition) is 5. The average molecular weight is 319 g/mol. The third-order valence-corrected chi connectivity index (χ3v) is 3.33. The van der Waals surface area contributed by atoms with E-state index < -0.39 is 6.04 Å². The summed E-state index contributed by atoms with van der Waals surface area (Å²) in [6.07, 6.45) is 7.18. The van der Waals surface area contributed by atoms with Crippen molar-refractivity contribution < 1.29 is 23.8 Å². The first kappa shape index (κ1) is 18.4. The summed E-state index contributed by atoms with van der Waals surface area (Å²) in [6.45, 7) is 1.36. The second-order valence-electron chi connectivity index (χ2n) is 4.81. The van der Waals surface area contributed by atoms with Crippen LogP contribution in [0.1, 0.15) is 24.5 Å². The third-order valence-electron chi connectivity index (χ3n) is 3.33. The fourth-order valence-corrected chi connectivity index (χ4v) is 2.31. The summed E-state index contributed by atoms with van der Waals surface area (Å²) in [4.78, 5) is 22.1. The van der Waals surface area contributed by atoms with E-state index in [0.29, 0.717) is 41.9 Å². The first-order valence-electron chi connectivity index (χ1n) is 7.03. The van der Waals surface area contributed by atoms with E-state index in [1.807, 2.05) is 0 Å². The molecule has 0 radical (unpaired) electrons. The maximum absolute atomic E-state index is 11.1. The van der Waals surface area contributed by atoms with Gasteiger partial charge in [-0.25, -0.2) is 0 Å². The van der Waals surface area contributed by atoms with E-state index in [1.54, 1.807) is 6.07 Å². The summed E-state index contributed by atoms with van der Waals surface area (Å²) in [5.41, 5.74) is 1.32. The van der Waals surface area contributed by atoms with Gasteiger partial charge in [0.1, 0.15) is 6.29 Å². The van der Waals surface area contributed by atoms with Gasteiger partial charge in [-0.05, 0) is 24.5 Å². The molecule has 0 saturated carbocycles. The lowest BCUT2D eigenvalue weighted by Crippen LogP contribution is -2.34. The first-order valence-corrected chi connectivity index (χ1v) is 7.03. The minimum absolute atomic E-state index is 0.260. The molecule has 0 aliphatic heterocycles. The highest BCUT2D eigenvalue weighted by atomic mass is 16.5. The summed E-state index contributed by atoms with van der Waals surface area (Å²) in [7, 11) is 4.51. The maximum Gasteiger partial charge on any atom is 0.217 e. The molecule has 124 valence electrons. The van der Waals surface area contributed by atoms with Gasteiger partial charge in [0, 0.05) is 6.92 Å². The monoisotopic (exact) mass is 319 g/mol. The van der Waals surface area contributed by atoms with Crippen molar-refractivity contribution in [1.82, 2.24) is 5.32 Å². The van der Waals surface area contributed by atoms with E-state index in [1.165, 1.54) is 28.3 Å². The number of hydrogen-bond donors (Lipinski definition) is 1. The van der Waals surface area contributed by atoms with Gasteiger partial charge in [-0.2, -0.15) is 0 Å². The molecule has 1 aromatic rings. The SMILES string of the molecule is C#Cc1c(CC[C@@H](C=O)NC(C)=O)cc(OC)c(OC)c1OC. The summed E-state index contributed by atoms with van der Waals surface area (Å²) < 4.78 is 16.0. The topological polar surface area (TPSA) is 73.9 Å². The lowest BCUT2D eigenvalue weighted by atomic mass is 9.98. The summed E-state index contributed by atoms with van der Waals surface area (Å²) in [6, 6.07) is 1.18. The molecular formula is C17H21NO5. The molecule has 1 aromatic carbocycles. The fraction of sp³-hybridized carbons (Fsp3) is 0.412. The standard InChI is InChI=1S/C17H21NO5/c1-6-14-12(7-8-13(10-19)18-11(2)20)9-15(21-3)17(23-5)16(14)22-4/h1,9-10,13H,7-8H2,2-5H3,(H,18,20)/t13-/m0/s1. The van der Waals surface area contributed by atoms with Crippen molar-refractivity contribution in [1.29, 1.82) is 0 Å². The van der Waals surface area contributed by atoms with Crippen molar-refractivity contribution in [2.24, 2.45) is 0 Å². The molecule has 1 rings (SSSR count). The van der Waals surface area contributed by atoms with Crippen molar-refractivity contribution in [3.05, 3.63) is 17.2 Å². The van der Waals surface area contributed by atoms with Crippen LogP contribution in [0.25, 0.3) is 0 Å². The molecule has 6 heteroatoms. The molecule has 0 heterocycles.